The van der Waals surface area contributed by atoms with Crippen LogP contribution in [0.4, 0.5) is 11.4 Å². The van der Waals surface area contributed by atoms with E-state index in [4.69, 9.17) is 9.47 Å². The second-order valence-electron chi connectivity index (χ2n) is 9.04. The van der Waals surface area contributed by atoms with E-state index in [0.29, 0.717) is 57.1 Å². The van der Waals surface area contributed by atoms with Gasteiger partial charge in [-0.05, 0) is 56.7 Å². The van der Waals surface area contributed by atoms with Crippen LogP contribution in [-0.2, 0) is 24.3 Å². The highest BCUT2D eigenvalue weighted by molar-refractivity contribution is 7.89. The highest BCUT2D eigenvalue weighted by Crippen LogP contribution is 2.30. The molecule has 1 aromatic rings. The van der Waals surface area contributed by atoms with Gasteiger partial charge in [-0.25, -0.2) is 8.42 Å². The topological polar surface area (TPSA) is 133 Å². The van der Waals surface area contributed by atoms with E-state index in [1.165, 1.54) is 4.31 Å². The molecule has 3 N–H and O–H groups in total. The third kappa shape index (κ3) is 5.81. The summed E-state index contributed by atoms with van der Waals surface area (Å²) in [6.45, 7) is 2.62. The molecule has 4 rings (SSSR count). The Morgan fingerprint density at radius 2 is 1.88 bits per heavy atom. The molecule has 3 fully saturated rings. The molecule has 3 aliphatic rings. The first kappa shape index (κ1) is 24.7. The Morgan fingerprint density at radius 3 is 2.56 bits per heavy atom. The van der Waals surface area contributed by atoms with Crippen molar-refractivity contribution in [2.45, 2.75) is 55.1 Å². The number of hydrogen-bond acceptors (Lipinski definition) is 8. The van der Waals surface area contributed by atoms with Gasteiger partial charge in [0, 0.05) is 26.2 Å². The van der Waals surface area contributed by atoms with Crippen molar-refractivity contribution < 1.29 is 22.7 Å². The van der Waals surface area contributed by atoms with Crippen LogP contribution >= 0.6 is 0 Å². The molecular formula is C23H33N5O5S. The number of carbonyl (C=O) groups excluding carboxylic acids is 1. The van der Waals surface area contributed by atoms with Gasteiger partial charge in [0.2, 0.25) is 15.9 Å². The molecule has 1 saturated carbocycles. The van der Waals surface area contributed by atoms with Gasteiger partial charge in [-0.15, -0.1) is 0 Å². The predicted molar refractivity (Wildman–Crippen MR) is 127 cm³/mol. The van der Waals surface area contributed by atoms with Crippen LogP contribution in [0.15, 0.2) is 23.1 Å². The number of hydrogen-bond donors (Lipinski definition) is 3. The maximum atomic E-state index is 13.2. The quantitative estimate of drug-likeness (QED) is 0.475. The zero-order valence-corrected chi connectivity index (χ0v) is 20.2. The van der Waals surface area contributed by atoms with Crippen molar-refractivity contribution in [3.05, 3.63) is 18.2 Å². The minimum Gasteiger partial charge on any atom is -0.381 e. The number of nitrogens with one attached hydrogen (secondary N) is 3. The first-order valence-electron chi connectivity index (χ1n) is 12.0. The number of benzene rings is 1. The summed E-state index contributed by atoms with van der Waals surface area (Å²) in [5, 5.41) is 18.8. The van der Waals surface area contributed by atoms with Crippen LogP contribution in [0.2, 0.25) is 0 Å². The molecule has 11 heteroatoms. The maximum Gasteiger partial charge on any atom is 0.243 e. The first-order chi connectivity index (χ1) is 16.4. The number of sulfonamides is 1. The highest BCUT2D eigenvalue weighted by atomic mass is 32.2. The Bertz CT molecular complexity index is 1010. The molecule has 2 heterocycles. The number of ether oxygens (including phenoxy) is 2. The fourth-order valence-electron chi connectivity index (χ4n) is 4.68. The van der Waals surface area contributed by atoms with Crippen LogP contribution in [0.1, 0.15) is 38.5 Å². The molecular weight excluding hydrogens is 458 g/mol. The Kier molecular flexibility index (Phi) is 7.93. The van der Waals surface area contributed by atoms with Gasteiger partial charge in [0.15, 0.2) is 0 Å². The van der Waals surface area contributed by atoms with Gasteiger partial charge in [-0.1, -0.05) is 0 Å². The lowest BCUT2D eigenvalue weighted by Crippen LogP contribution is -2.47. The van der Waals surface area contributed by atoms with Crippen LogP contribution in [0.3, 0.4) is 0 Å². The van der Waals surface area contributed by atoms with Gasteiger partial charge in [-0.3, -0.25) is 4.79 Å². The number of morpholine rings is 1. The van der Waals surface area contributed by atoms with Crippen molar-refractivity contribution in [1.29, 1.82) is 5.26 Å². The summed E-state index contributed by atoms with van der Waals surface area (Å²) in [5.41, 5.74) is 0.404. The molecule has 0 aromatic heterocycles. The van der Waals surface area contributed by atoms with Gasteiger partial charge >= 0.3 is 0 Å². The number of rotatable bonds is 9. The summed E-state index contributed by atoms with van der Waals surface area (Å²) < 4.78 is 38.7. The normalized spacial score (nSPS) is 22.7. The van der Waals surface area contributed by atoms with Crippen molar-refractivity contribution in [2.75, 3.05) is 56.6 Å². The smallest absolute Gasteiger partial charge is 0.243 e. The van der Waals surface area contributed by atoms with Gasteiger partial charge in [-0.2, -0.15) is 9.57 Å². The van der Waals surface area contributed by atoms with Crippen LogP contribution < -0.4 is 16.0 Å². The molecule has 0 bridgehead atoms. The van der Waals surface area contributed by atoms with Crippen molar-refractivity contribution in [2.24, 2.45) is 0 Å². The van der Waals surface area contributed by atoms with Gasteiger partial charge < -0.3 is 25.4 Å². The monoisotopic (exact) mass is 491 g/mol. The molecule has 2 saturated heterocycles. The lowest BCUT2D eigenvalue weighted by Gasteiger charge is -2.26. The second-order valence-corrected chi connectivity index (χ2v) is 11.0. The highest BCUT2D eigenvalue weighted by Gasteiger charge is 2.35. The van der Waals surface area contributed by atoms with E-state index in [1.54, 1.807) is 18.2 Å². The lowest BCUT2D eigenvalue weighted by molar-refractivity contribution is -0.120. The molecule has 1 amide bonds. The summed E-state index contributed by atoms with van der Waals surface area (Å²) in [6.07, 6.45) is 5.23. The number of nitrogens with zero attached hydrogens (tertiary/aromatic N) is 2. The van der Waals surface area contributed by atoms with E-state index in [9.17, 15) is 18.5 Å². The number of carbonyl (C=O) groups is 1. The van der Waals surface area contributed by atoms with Gasteiger partial charge in [0.25, 0.3) is 0 Å². The number of nitriles is 1. The van der Waals surface area contributed by atoms with Crippen molar-refractivity contribution in [1.82, 2.24) is 9.62 Å². The lowest BCUT2D eigenvalue weighted by atomic mass is 10.00. The molecule has 10 nitrogen and oxygen atoms in total. The predicted octanol–water partition coefficient (Wildman–Crippen LogP) is 1.66. The number of amides is 1. The molecule has 0 unspecified atom stereocenters. The Labute approximate surface area is 201 Å². The SMILES string of the molecule is N#CC1(NC(=O)CNc2cc(S(=O)(=O)N3CCOCC3)ccc2NC[C@@H]2CCCO2)CCCC1. The fourth-order valence-corrected chi connectivity index (χ4v) is 6.11. The molecule has 0 radical (unpaired) electrons. The van der Waals surface area contributed by atoms with Gasteiger partial charge in [0.1, 0.15) is 5.54 Å². The van der Waals surface area contributed by atoms with Gasteiger partial charge in [0.05, 0.1) is 48.2 Å². The second kappa shape index (κ2) is 10.9. The molecule has 1 aromatic carbocycles. The van der Waals surface area contributed by atoms with E-state index in [-0.39, 0.29) is 23.5 Å². The first-order valence-corrected chi connectivity index (χ1v) is 13.4. The summed E-state index contributed by atoms with van der Waals surface area (Å²) in [4.78, 5) is 12.8. The summed E-state index contributed by atoms with van der Waals surface area (Å²) in [5.74, 6) is -0.296. The van der Waals surface area contributed by atoms with Crippen LogP contribution in [0.5, 0.6) is 0 Å². The Morgan fingerprint density at radius 1 is 1.12 bits per heavy atom. The Hall–Kier alpha value is -2.39. The zero-order valence-electron chi connectivity index (χ0n) is 19.3. The molecule has 0 spiro atoms. The standard InChI is InChI=1S/C23H33N5O5S/c24-17-23(7-1-2-8-23)27-22(29)16-26-21-14-19(34(30,31)28-9-12-32-13-10-28)5-6-20(21)25-15-18-4-3-11-33-18/h5-6,14,18,25-26H,1-4,7-13,15-16H2,(H,27,29)/t18-/m0/s1. The average Bonchev–Trinajstić information content (AvgIpc) is 3.55. The van der Waals surface area contributed by atoms with Crippen LogP contribution in [0.25, 0.3) is 0 Å². The van der Waals surface area contributed by atoms with Crippen molar-refractivity contribution in [3.8, 4) is 6.07 Å². The molecule has 186 valence electrons. The van der Waals surface area contributed by atoms with Crippen LogP contribution in [-0.4, -0.2) is 76.3 Å². The molecule has 1 aliphatic carbocycles. The van der Waals surface area contributed by atoms with E-state index >= 15 is 0 Å². The third-order valence-electron chi connectivity index (χ3n) is 6.63. The maximum absolute atomic E-state index is 13.2. The molecule has 1 atom stereocenters. The molecule has 2 aliphatic heterocycles. The van der Waals surface area contributed by atoms with E-state index in [1.807, 2.05) is 0 Å². The van der Waals surface area contributed by atoms with Crippen molar-refractivity contribution in [3.63, 3.8) is 0 Å². The minimum atomic E-state index is -3.69. The van der Waals surface area contributed by atoms with Crippen LogP contribution in [0, 0.1) is 11.3 Å². The Balaban J connectivity index is 1.49. The zero-order chi connectivity index (χ0) is 24.0. The van der Waals surface area contributed by atoms with E-state index < -0.39 is 15.6 Å². The van der Waals surface area contributed by atoms with Crippen molar-refractivity contribution >= 4 is 27.3 Å². The van der Waals surface area contributed by atoms with E-state index in [2.05, 4.69) is 22.0 Å². The summed E-state index contributed by atoms with van der Waals surface area (Å²) in [6, 6.07) is 7.11. The fraction of sp³-hybridized carbons (Fsp3) is 0.652. The minimum absolute atomic E-state index is 0.0703. The third-order valence-corrected chi connectivity index (χ3v) is 8.53. The average molecular weight is 492 g/mol. The summed E-state index contributed by atoms with van der Waals surface area (Å²) >= 11 is 0. The largest absolute Gasteiger partial charge is 0.381 e. The molecule has 34 heavy (non-hydrogen) atoms. The number of anilines is 2. The summed E-state index contributed by atoms with van der Waals surface area (Å²) in [7, 11) is -3.69. The van der Waals surface area contributed by atoms with E-state index in [0.717, 1.165) is 32.3 Å².